The van der Waals surface area contributed by atoms with E-state index < -0.39 is 0 Å². The van der Waals surface area contributed by atoms with E-state index in [1.165, 1.54) is 0 Å². The average molecular weight is 381 g/mol. The molecule has 0 saturated carbocycles. The van der Waals surface area contributed by atoms with Crippen molar-refractivity contribution >= 4 is 5.91 Å². The Morgan fingerprint density at radius 1 is 0.828 bits per heavy atom. The number of hydrogen-bond acceptors (Lipinski definition) is 2. The molecule has 144 valence electrons. The van der Waals surface area contributed by atoms with Gasteiger partial charge in [0, 0.05) is 18.9 Å². The van der Waals surface area contributed by atoms with E-state index in [2.05, 4.69) is 22.5 Å². The van der Waals surface area contributed by atoms with Crippen molar-refractivity contribution in [3.8, 4) is 0 Å². The predicted octanol–water partition coefficient (Wildman–Crippen LogP) is 4.38. The maximum Gasteiger partial charge on any atom is 0.232 e. The molecule has 29 heavy (non-hydrogen) atoms. The van der Waals surface area contributed by atoms with Gasteiger partial charge in [-0.15, -0.1) is 0 Å². The molecular formula is C25H23N3O. The fourth-order valence-electron chi connectivity index (χ4n) is 3.50. The smallest absolute Gasteiger partial charge is 0.232 e. The summed E-state index contributed by atoms with van der Waals surface area (Å²) in [6, 6.07) is 30.0. The van der Waals surface area contributed by atoms with Gasteiger partial charge in [-0.3, -0.25) is 9.48 Å². The Balaban J connectivity index is 1.48. The summed E-state index contributed by atoms with van der Waals surface area (Å²) in [4.78, 5) is 13.1. The summed E-state index contributed by atoms with van der Waals surface area (Å²) < 4.78 is 1.89. The van der Waals surface area contributed by atoms with Crippen molar-refractivity contribution in [2.45, 2.75) is 19.0 Å². The Labute approximate surface area is 170 Å². The zero-order valence-corrected chi connectivity index (χ0v) is 16.1. The third-order valence-electron chi connectivity index (χ3n) is 4.89. The molecule has 1 heterocycles. The maximum atomic E-state index is 13.1. The molecule has 1 aromatic heterocycles. The predicted molar refractivity (Wildman–Crippen MR) is 114 cm³/mol. The molecular weight excluding hydrogens is 358 g/mol. The molecule has 0 aliphatic rings. The maximum absolute atomic E-state index is 13.1. The SMILES string of the molecule is O=C(NCc1cccc(Cn2cccn2)c1)C(c1ccccc1)c1ccccc1. The van der Waals surface area contributed by atoms with Crippen LogP contribution in [0.1, 0.15) is 28.2 Å². The van der Waals surface area contributed by atoms with Gasteiger partial charge in [0.25, 0.3) is 0 Å². The molecule has 0 bridgehead atoms. The molecule has 0 radical (unpaired) electrons. The van der Waals surface area contributed by atoms with E-state index in [0.717, 1.165) is 22.3 Å². The molecule has 0 spiro atoms. The van der Waals surface area contributed by atoms with Crippen molar-refractivity contribution in [1.29, 1.82) is 0 Å². The average Bonchev–Trinajstić information content (AvgIpc) is 3.27. The second kappa shape index (κ2) is 9.02. The summed E-state index contributed by atoms with van der Waals surface area (Å²) in [7, 11) is 0. The molecule has 3 aromatic carbocycles. The summed E-state index contributed by atoms with van der Waals surface area (Å²) in [5.41, 5.74) is 4.21. The Morgan fingerprint density at radius 2 is 1.48 bits per heavy atom. The van der Waals surface area contributed by atoms with E-state index in [0.29, 0.717) is 13.1 Å². The van der Waals surface area contributed by atoms with Gasteiger partial charge in [0.05, 0.1) is 12.5 Å². The fraction of sp³-hybridized carbons (Fsp3) is 0.120. The first kappa shape index (κ1) is 18.7. The van der Waals surface area contributed by atoms with Crippen molar-refractivity contribution in [1.82, 2.24) is 15.1 Å². The number of amides is 1. The zero-order valence-electron chi connectivity index (χ0n) is 16.1. The van der Waals surface area contributed by atoms with Crippen molar-refractivity contribution in [3.63, 3.8) is 0 Å². The minimum Gasteiger partial charge on any atom is -0.351 e. The van der Waals surface area contributed by atoms with E-state index in [1.807, 2.05) is 89.7 Å². The molecule has 4 nitrogen and oxygen atoms in total. The normalized spacial score (nSPS) is 10.8. The highest BCUT2D eigenvalue weighted by Crippen LogP contribution is 2.24. The first-order valence-corrected chi connectivity index (χ1v) is 9.72. The molecule has 0 aliphatic carbocycles. The molecule has 0 atom stereocenters. The number of carbonyl (C=O) groups is 1. The highest BCUT2D eigenvalue weighted by Gasteiger charge is 2.22. The quantitative estimate of drug-likeness (QED) is 0.516. The number of nitrogens with zero attached hydrogens (tertiary/aromatic N) is 2. The fourth-order valence-corrected chi connectivity index (χ4v) is 3.50. The number of benzene rings is 3. The van der Waals surface area contributed by atoms with Crippen LogP contribution in [0.15, 0.2) is 103 Å². The van der Waals surface area contributed by atoms with Crippen LogP contribution in [0.4, 0.5) is 0 Å². The van der Waals surface area contributed by atoms with Crippen molar-refractivity contribution in [3.05, 3.63) is 126 Å². The Morgan fingerprint density at radius 3 is 2.10 bits per heavy atom. The summed E-state index contributed by atoms with van der Waals surface area (Å²) in [5.74, 6) is -0.329. The Bertz CT molecular complexity index is 1000. The van der Waals surface area contributed by atoms with Crippen LogP contribution < -0.4 is 5.32 Å². The van der Waals surface area contributed by atoms with Crippen LogP contribution in [-0.2, 0) is 17.9 Å². The van der Waals surface area contributed by atoms with Gasteiger partial charge in [-0.1, -0.05) is 84.9 Å². The van der Waals surface area contributed by atoms with Crippen LogP contribution in [0.5, 0.6) is 0 Å². The highest BCUT2D eigenvalue weighted by atomic mass is 16.1. The molecule has 4 aromatic rings. The van der Waals surface area contributed by atoms with Gasteiger partial charge in [0.2, 0.25) is 5.91 Å². The lowest BCUT2D eigenvalue weighted by molar-refractivity contribution is -0.121. The molecule has 0 unspecified atom stereocenters. The molecule has 0 fully saturated rings. The largest absolute Gasteiger partial charge is 0.351 e. The number of nitrogens with one attached hydrogen (secondary N) is 1. The number of hydrogen-bond donors (Lipinski definition) is 1. The van der Waals surface area contributed by atoms with Crippen LogP contribution >= 0.6 is 0 Å². The van der Waals surface area contributed by atoms with E-state index >= 15 is 0 Å². The van der Waals surface area contributed by atoms with E-state index in [9.17, 15) is 4.79 Å². The molecule has 0 saturated heterocycles. The van der Waals surface area contributed by atoms with Crippen molar-refractivity contribution in [2.75, 3.05) is 0 Å². The van der Waals surface area contributed by atoms with E-state index in [-0.39, 0.29) is 11.8 Å². The highest BCUT2D eigenvalue weighted by molar-refractivity contribution is 5.87. The first-order valence-electron chi connectivity index (χ1n) is 9.72. The minimum atomic E-state index is -0.329. The van der Waals surface area contributed by atoms with Gasteiger partial charge in [-0.25, -0.2) is 0 Å². The van der Waals surface area contributed by atoms with Gasteiger partial charge in [-0.2, -0.15) is 5.10 Å². The topological polar surface area (TPSA) is 46.9 Å². The number of carbonyl (C=O) groups excluding carboxylic acids is 1. The summed E-state index contributed by atoms with van der Waals surface area (Å²) in [6.07, 6.45) is 3.72. The second-order valence-electron chi connectivity index (χ2n) is 7.00. The third-order valence-corrected chi connectivity index (χ3v) is 4.89. The van der Waals surface area contributed by atoms with Crippen LogP contribution in [0.25, 0.3) is 0 Å². The van der Waals surface area contributed by atoms with Crippen LogP contribution in [-0.4, -0.2) is 15.7 Å². The molecule has 0 aliphatic heterocycles. The second-order valence-corrected chi connectivity index (χ2v) is 7.00. The van der Waals surface area contributed by atoms with Gasteiger partial charge in [0.1, 0.15) is 0 Å². The summed E-state index contributed by atoms with van der Waals surface area (Å²) in [5, 5.41) is 7.37. The number of aromatic nitrogens is 2. The summed E-state index contributed by atoms with van der Waals surface area (Å²) in [6.45, 7) is 1.20. The van der Waals surface area contributed by atoms with Crippen molar-refractivity contribution < 1.29 is 4.79 Å². The Kier molecular flexibility index (Phi) is 5.81. The van der Waals surface area contributed by atoms with Crippen molar-refractivity contribution in [2.24, 2.45) is 0 Å². The lowest BCUT2D eigenvalue weighted by Crippen LogP contribution is -2.29. The first-order chi connectivity index (χ1) is 14.3. The van der Waals surface area contributed by atoms with Gasteiger partial charge >= 0.3 is 0 Å². The lowest BCUT2D eigenvalue weighted by atomic mass is 9.90. The zero-order chi connectivity index (χ0) is 19.9. The van der Waals surface area contributed by atoms with Crippen LogP contribution in [0, 0.1) is 0 Å². The van der Waals surface area contributed by atoms with Gasteiger partial charge < -0.3 is 5.32 Å². The monoisotopic (exact) mass is 381 g/mol. The van der Waals surface area contributed by atoms with E-state index in [4.69, 9.17) is 0 Å². The molecule has 1 N–H and O–H groups in total. The molecule has 4 heteroatoms. The Hall–Kier alpha value is -3.66. The van der Waals surface area contributed by atoms with Gasteiger partial charge in [0.15, 0.2) is 0 Å². The minimum absolute atomic E-state index is 0.000112. The molecule has 1 amide bonds. The molecule has 4 rings (SSSR count). The van der Waals surface area contributed by atoms with Gasteiger partial charge in [-0.05, 0) is 28.3 Å². The summed E-state index contributed by atoms with van der Waals surface area (Å²) >= 11 is 0. The lowest BCUT2D eigenvalue weighted by Gasteiger charge is -2.18. The van der Waals surface area contributed by atoms with E-state index in [1.54, 1.807) is 6.20 Å². The standard InChI is InChI=1S/C25H23N3O/c29-25(24(22-11-3-1-4-12-22)23-13-5-2-6-14-23)26-18-20-9-7-10-21(17-20)19-28-16-8-15-27-28/h1-17,24H,18-19H2,(H,26,29). The van der Waals surface area contributed by atoms with Crippen LogP contribution in [0.3, 0.4) is 0 Å². The third kappa shape index (κ3) is 4.79. The number of rotatable bonds is 7. The van der Waals surface area contributed by atoms with Crippen LogP contribution in [0.2, 0.25) is 0 Å².